The molecular formula is C76H59NO2S. The van der Waals surface area contributed by atoms with E-state index in [2.05, 4.69) is 295 Å². The zero-order valence-electron chi connectivity index (χ0n) is 45.8. The van der Waals surface area contributed by atoms with Crippen LogP contribution >= 0.6 is 11.8 Å². The predicted molar refractivity (Wildman–Crippen MR) is 331 cm³/mol. The van der Waals surface area contributed by atoms with E-state index in [-0.39, 0.29) is 10.8 Å². The molecule has 1 aromatic heterocycles. The van der Waals surface area contributed by atoms with Crippen LogP contribution in [0.5, 0.6) is 11.5 Å². The van der Waals surface area contributed by atoms with E-state index in [1.54, 1.807) is 0 Å². The fourth-order valence-corrected chi connectivity index (χ4v) is 14.8. The molecule has 0 amide bonds. The van der Waals surface area contributed by atoms with Crippen LogP contribution in [0.4, 0.5) is 17.1 Å². The highest BCUT2D eigenvalue weighted by Gasteiger charge is 2.52. The molecule has 0 bridgehead atoms. The maximum absolute atomic E-state index is 7.07. The normalized spacial score (nSPS) is 14.4. The fraction of sp³-hybridized carbons (Fsp3) is 0.132. The van der Waals surface area contributed by atoms with Gasteiger partial charge in [-0.15, -0.1) is 0 Å². The van der Waals surface area contributed by atoms with E-state index in [4.69, 9.17) is 9.15 Å². The number of rotatable bonds is 6. The minimum Gasteiger partial charge on any atom is -0.457 e. The smallest absolute Gasteiger partial charge is 0.136 e. The molecule has 0 saturated heterocycles. The molecule has 3 nitrogen and oxygen atoms in total. The Hall–Kier alpha value is -8.83. The lowest BCUT2D eigenvalue weighted by Gasteiger charge is -2.42. The molecule has 0 saturated carbocycles. The predicted octanol–water partition coefficient (Wildman–Crippen LogP) is 20.6. The summed E-state index contributed by atoms with van der Waals surface area (Å²) in [7, 11) is 0. The van der Waals surface area contributed by atoms with E-state index < -0.39 is 10.8 Å². The van der Waals surface area contributed by atoms with Crippen molar-refractivity contribution in [3.63, 3.8) is 0 Å². The second kappa shape index (κ2) is 17.8. The molecular weight excluding hydrogens is 991 g/mol. The monoisotopic (exact) mass is 1050 g/mol. The molecule has 4 heteroatoms. The molecule has 1 aliphatic carbocycles. The van der Waals surface area contributed by atoms with Crippen molar-refractivity contribution < 1.29 is 9.15 Å². The van der Waals surface area contributed by atoms with Crippen molar-refractivity contribution in [3.05, 3.63) is 304 Å². The molecule has 0 atom stereocenters. The molecule has 3 aliphatic rings. The minimum absolute atomic E-state index is 0.0791. The summed E-state index contributed by atoms with van der Waals surface area (Å²) in [5, 5.41) is 2.19. The lowest BCUT2D eigenvalue weighted by molar-refractivity contribution is 0.434. The Kier molecular flexibility index (Phi) is 10.8. The summed E-state index contributed by atoms with van der Waals surface area (Å²) in [5.41, 5.74) is 20.5. The van der Waals surface area contributed by atoms with Crippen LogP contribution in [-0.4, -0.2) is 0 Å². The third-order valence-electron chi connectivity index (χ3n) is 17.4. The molecule has 0 N–H and O–H groups in total. The number of fused-ring (bicyclic) bond motifs is 14. The highest BCUT2D eigenvalue weighted by Crippen LogP contribution is 2.64. The van der Waals surface area contributed by atoms with Crippen molar-refractivity contribution >= 4 is 50.8 Å². The largest absolute Gasteiger partial charge is 0.457 e. The van der Waals surface area contributed by atoms with Gasteiger partial charge in [-0.1, -0.05) is 235 Å². The molecule has 80 heavy (non-hydrogen) atoms. The van der Waals surface area contributed by atoms with Gasteiger partial charge in [-0.25, -0.2) is 0 Å². The van der Waals surface area contributed by atoms with Gasteiger partial charge in [-0.2, -0.15) is 0 Å². The Bertz CT molecular complexity index is 4360. The summed E-state index contributed by atoms with van der Waals surface area (Å²) in [5.74, 6) is 1.67. The third-order valence-corrected chi connectivity index (χ3v) is 18.5. The van der Waals surface area contributed by atoms with Crippen LogP contribution in [0.25, 0.3) is 44.2 Å². The summed E-state index contributed by atoms with van der Waals surface area (Å²) in [4.78, 5) is 5.05. The Morgan fingerprint density at radius 3 is 1.60 bits per heavy atom. The fourth-order valence-electron chi connectivity index (χ4n) is 13.7. The summed E-state index contributed by atoms with van der Waals surface area (Å²) in [6.07, 6.45) is 0. The van der Waals surface area contributed by atoms with Crippen LogP contribution in [0, 0.1) is 0 Å². The van der Waals surface area contributed by atoms with Crippen molar-refractivity contribution in [1.29, 1.82) is 0 Å². The SMILES string of the molecule is CC(C)(C)c1ccc2c(c1)C1(c3ccccc3Sc3ccc(N(c4ccc5c(c4)C(c4ccccc4)(c4ccccc4)c4ccccc4O5)c4ccccc4-c4cccc5oc6ccccc6c45)cc31)c1cc(C(C)(C)C)ccc1-2. The molecule has 0 unspecified atom stereocenters. The number of hydrogen-bond acceptors (Lipinski definition) is 4. The molecule has 3 heterocycles. The third kappa shape index (κ3) is 7.07. The van der Waals surface area contributed by atoms with E-state index in [9.17, 15) is 0 Å². The maximum atomic E-state index is 7.07. The van der Waals surface area contributed by atoms with E-state index >= 15 is 0 Å². The number of benzene rings is 11. The van der Waals surface area contributed by atoms with Gasteiger partial charge in [0.15, 0.2) is 0 Å². The summed E-state index contributed by atoms with van der Waals surface area (Å²) in [6.45, 7) is 14.0. The van der Waals surface area contributed by atoms with E-state index in [0.717, 1.165) is 72.8 Å². The summed E-state index contributed by atoms with van der Waals surface area (Å²) < 4.78 is 13.7. The minimum atomic E-state index is -0.734. The van der Waals surface area contributed by atoms with E-state index in [0.29, 0.717) is 0 Å². The van der Waals surface area contributed by atoms with Crippen LogP contribution in [-0.2, 0) is 21.7 Å². The van der Waals surface area contributed by atoms with Crippen LogP contribution < -0.4 is 9.64 Å². The quantitative estimate of drug-likeness (QED) is 0.166. The van der Waals surface area contributed by atoms with Gasteiger partial charge >= 0.3 is 0 Å². The van der Waals surface area contributed by atoms with Gasteiger partial charge in [-0.3, -0.25) is 0 Å². The molecule has 12 aromatic rings. The lowest BCUT2D eigenvalue weighted by atomic mass is 9.63. The Morgan fingerprint density at radius 2 is 0.900 bits per heavy atom. The van der Waals surface area contributed by atoms with Crippen LogP contribution in [0.15, 0.2) is 263 Å². The van der Waals surface area contributed by atoms with Gasteiger partial charge in [0.1, 0.15) is 22.7 Å². The first-order valence-corrected chi connectivity index (χ1v) is 28.8. The van der Waals surface area contributed by atoms with Crippen LogP contribution in [0.1, 0.15) is 97.2 Å². The molecule has 2 aliphatic heterocycles. The molecule has 386 valence electrons. The number of hydrogen-bond donors (Lipinski definition) is 0. The van der Waals surface area contributed by atoms with E-state index in [1.165, 1.54) is 65.4 Å². The van der Waals surface area contributed by atoms with Crippen LogP contribution in [0.2, 0.25) is 0 Å². The van der Waals surface area contributed by atoms with Crippen molar-refractivity contribution in [1.82, 2.24) is 0 Å². The number of furan rings is 1. The van der Waals surface area contributed by atoms with Gasteiger partial charge in [0, 0.05) is 48.6 Å². The van der Waals surface area contributed by atoms with Crippen LogP contribution in [0.3, 0.4) is 0 Å². The first kappa shape index (κ1) is 48.3. The van der Waals surface area contributed by atoms with Gasteiger partial charge in [0.25, 0.3) is 0 Å². The number of anilines is 3. The molecule has 1 spiro atoms. The highest BCUT2D eigenvalue weighted by atomic mass is 32.2. The first-order valence-electron chi connectivity index (χ1n) is 28.0. The number of ether oxygens (including phenoxy) is 1. The van der Waals surface area contributed by atoms with Crippen molar-refractivity contribution in [2.45, 2.75) is 73.0 Å². The zero-order chi connectivity index (χ0) is 54.1. The topological polar surface area (TPSA) is 25.6 Å². The van der Waals surface area contributed by atoms with Gasteiger partial charge < -0.3 is 14.1 Å². The van der Waals surface area contributed by atoms with Gasteiger partial charge in [0.2, 0.25) is 0 Å². The van der Waals surface area contributed by atoms with Crippen molar-refractivity contribution in [2.24, 2.45) is 0 Å². The highest BCUT2D eigenvalue weighted by molar-refractivity contribution is 7.99. The number of nitrogens with zero attached hydrogens (tertiary/aromatic N) is 1. The number of para-hydroxylation sites is 3. The lowest BCUT2D eigenvalue weighted by Crippen LogP contribution is -2.34. The standard InChI is InChI=1S/C76H59NO2S/c1-73(2,3)50-36-40-54-55-41-37-51(74(4,5)6)45-62(55)76(61(54)44-50)60-30-16-20-35-70(60)80-71-43-39-53(47-64(71)76)77(65-31-17-13-26-56(65)57-28-21-34-69-72(57)58-27-14-18-32-66(58)78-69)52-38-42-68-63(46-52)75(48-22-9-7-10-23-48,49-24-11-8-12-25-49)59-29-15-19-33-67(59)79-68/h7-47H,1-6H3. The Balaban J connectivity index is 1.05. The summed E-state index contributed by atoms with van der Waals surface area (Å²) in [6, 6.07) is 92.5. The Labute approximate surface area is 473 Å². The van der Waals surface area contributed by atoms with Crippen molar-refractivity contribution in [2.75, 3.05) is 4.90 Å². The first-order chi connectivity index (χ1) is 38.9. The average Bonchev–Trinajstić information content (AvgIpc) is 4.21. The average molecular weight is 1050 g/mol. The Morgan fingerprint density at radius 1 is 0.362 bits per heavy atom. The van der Waals surface area contributed by atoms with Crippen molar-refractivity contribution in [3.8, 4) is 33.8 Å². The molecule has 11 aromatic carbocycles. The summed E-state index contributed by atoms with van der Waals surface area (Å²) >= 11 is 1.89. The zero-order valence-corrected chi connectivity index (χ0v) is 46.7. The maximum Gasteiger partial charge on any atom is 0.136 e. The molecule has 0 fully saturated rings. The molecule has 15 rings (SSSR count). The van der Waals surface area contributed by atoms with Gasteiger partial charge in [-0.05, 0) is 139 Å². The van der Waals surface area contributed by atoms with Gasteiger partial charge in [0.05, 0.1) is 16.5 Å². The van der Waals surface area contributed by atoms with E-state index in [1.807, 2.05) is 11.8 Å². The second-order valence-electron chi connectivity index (χ2n) is 23.9. The molecule has 0 radical (unpaired) electrons. The second-order valence-corrected chi connectivity index (χ2v) is 25.0.